The fraction of sp³-hybridized carbons (Fsp3) is 0.294. The molecular formula is C17H21ClN2O3. The SMILES string of the molecule is CCN(c1ccc(OC)c(OC)c1)C(O)Nc1ccc(Cl)cc1. The zero-order chi connectivity index (χ0) is 16.8. The fourth-order valence-corrected chi connectivity index (χ4v) is 2.40. The standard InChI is InChI=1S/C17H21ClN2O3/c1-4-20(14-9-10-15(22-2)16(11-14)23-3)17(21)19-13-7-5-12(18)6-8-13/h5-11,17,19,21H,4H2,1-3H3. The highest BCUT2D eigenvalue weighted by Gasteiger charge is 2.16. The summed E-state index contributed by atoms with van der Waals surface area (Å²) in [6.07, 6.45) is -0.890. The number of ether oxygens (including phenoxy) is 2. The molecular weight excluding hydrogens is 316 g/mol. The van der Waals surface area contributed by atoms with Crippen LogP contribution in [0.3, 0.4) is 0 Å². The minimum absolute atomic E-state index is 0.608. The maximum Gasteiger partial charge on any atom is 0.205 e. The number of hydrogen-bond acceptors (Lipinski definition) is 5. The Labute approximate surface area is 141 Å². The number of aliphatic hydroxyl groups excluding tert-OH is 1. The zero-order valence-corrected chi connectivity index (χ0v) is 14.2. The second kappa shape index (κ2) is 7.94. The molecule has 5 nitrogen and oxygen atoms in total. The Bertz CT molecular complexity index is 634. The van der Waals surface area contributed by atoms with Gasteiger partial charge in [0.25, 0.3) is 0 Å². The van der Waals surface area contributed by atoms with E-state index in [-0.39, 0.29) is 0 Å². The van der Waals surface area contributed by atoms with E-state index in [9.17, 15) is 5.11 Å². The fourth-order valence-electron chi connectivity index (χ4n) is 2.27. The molecule has 0 aromatic heterocycles. The molecule has 23 heavy (non-hydrogen) atoms. The van der Waals surface area contributed by atoms with Crippen LogP contribution in [0.5, 0.6) is 11.5 Å². The molecule has 0 bridgehead atoms. The van der Waals surface area contributed by atoms with E-state index in [4.69, 9.17) is 21.1 Å². The van der Waals surface area contributed by atoms with Crippen LogP contribution in [0.4, 0.5) is 11.4 Å². The predicted molar refractivity (Wildman–Crippen MR) is 93.6 cm³/mol. The topological polar surface area (TPSA) is 54.0 Å². The summed E-state index contributed by atoms with van der Waals surface area (Å²) in [6.45, 7) is 2.57. The molecule has 1 atom stereocenters. The van der Waals surface area contributed by atoms with Gasteiger partial charge in [0, 0.05) is 29.0 Å². The number of hydrogen-bond donors (Lipinski definition) is 2. The lowest BCUT2D eigenvalue weighted by Gasteiger charge is -2.30. The Hall–Kier alpha value is -2.11. The molecule has 0 saturated heterocycles. The summed E-state index contributed by atoms with van der Waals surface area (Å²) in [5, 5.41) is 14.2. The van der Waals surface area contributed by atoms with Crippen molar-refractivity contribution < 1.29 is 14.6 Å². The van der Waals surface area contributed by atoms with Crippen LogP contribution >= 0.6 is 11.6 Å². The van der Waals surface area contributed by atoms with Gasteiger partial charge >= 0.3 is 0 Å². The van der Waals surface area contributed by atoms with Crippen molar-refractivity contribution in [3.8, 4) is 11.5 Å². The summed E-state index contributed by atoms with van der Waals surface area (Å²) >= 11 is 5.87. The van der Waals surface area contributed by atoms with Crippen molar-refractivity contribution in [2.45, 2.75) is 13.3 Å². The molecule has 2 aromatic rings. The van der Waals surface area contributed by atoms with Crippen molar-refractivity contribution in [2.75, 3.05) is 31.0 Å². The van der Waals surface area contributed by atoms with Crippen molar-refractivity contribution in [1.82, 2.24) is 0 Å². The van der Waals surface area contributed by atoms with Crippen molar-refractivity contribution >= 4 is 23.0 Å². The maximum absolute atomic E-state index is 10.5. The normalized spacial score (nSPS) is 11.7. The second-order valence-corrected chi connectivity index (χ2v) is 5.29. The number of aliphatic hydroxyl groups is 1. The van der Waals surface area contributed by atoms with Gasteiger partial charge in [0.1, 0.15) is 0 Å². The smallest absolute Gasteiger partial charge is 0.205 e. The lowest BCUT2D eigenvalue weighted by molar-refractivity contribution is 0.198. The minimum atomic E-state index is -0.890. The predicted octanol–water partition coefficient (Wildman–Crippen LogP) is 3.57. The van der Waals surface area contributed by atoms with Crippen LogP contribution in [0, 0.1) is 0 Å². The molecule has 0 amide bonds. The van der Waals surface area contributed by atoms with E-state index >= 15 is 0 Å². The van der Waals surface area contributed by atoms with Crippen LogP contribution in [0.1, 0.15) is 6.92 Å². The molecule has 2 N–H and O–H groups in total. The first-order valence-electron chi connectivity index (χ1n) is 7.28. The largest absolute Gasteiger partial charge is 0.493 e. The van der Waals surface area contributed by atoms with Crippen molar-refractivity contribution in [3.05, 3.63) is 47.5 Å². The number of nitrogens with one attached hydrogen (secondary N) is 1. The molecule has 0 saturated carbocycles. The number of methoxy groups -OCH3 is 2. The van der Waals surface area contributed by atoms with Crippen molar-refractivity contribution in [2.24, 2.45) is 0 Å². The van der Waals surface area contributed by atoms with E-state index in [1.807, 2.05) is 37.3 Å². The molecule has 0 heterocycles. The zero-order valence-electron chi connectivity index (χ0n) is 13.4. The van der Waals surface area contributed by atoms with Crippen LogP contribution < -0.4 is 19.7 Å². The molecule has 0 spiro atoms. The van der Waals surface area contributed by atoms with E-state index in [0.717, 1.165) is 11.4 Å². The first kappa shape index (κ1) is 17.2. The first-order valence-corrected chi connectivity index (χ1v) is 7.65. The number of rotatable bonds is 7. The van der Waals surface area contributed by atoms with Gasteiger partial charge in [0.05, 0.1) is 14.2 Å². The van der Waals surface area contributed by atoms with Crippen LogP contribution in [-0.4, -0.2) is 32.2 Å². The van der Waals surface area contributed by atoms with E-state index in [0.29, 0.717) is 23.1 Å². The number of nitrogens with zero attached hydrogens (tertiary/aromatic N) is 1. The third kappa shape index (κ3) is 4.21. The van der Waals surface area contributed by atoms with Crippen LogP contribution in [0.25, 0.3) is 0 Å². The summed E-state index contributed by atoms with van der Waals surface area (Å²) in [6, 6.07) is 12.7. The highest BCUT2D eigenvalue weighted by molar-refractivity contribution is 6.30. The van der Waals surface area contributed by atoms with E-state index in [1.165, 1.54) is 0 Å². The number of benzene rings is 2. The summed E-state index contributed by atoms with van der Waals surface area (Å²) in [5.41, 5.74) is 1.60. The molecule has 124 valence electrons. The third-order valence-electron chi connectivity index (χ3n) is 3.47. The van der Waals surface area contributed by atoms with E-state index in [1.54, 1.807) is 31.3 Å². The second-order valence-electron chi connectivity index (χ2n) is 4.85. The van der Waals surface area contributed by atoms with Gasteiger partial charge in [0.15, 0.2) is 11.5 Å². The molecule has 6 heteroatoms. The summed E-state index contributed by atoms with van der Waals surface area (Å²) in [4.78, 5) is 1.80. The first-order chi connectivity index (χ1) is 11.1. The maximum atomic E-state index is 10.5. The Kier molecular flexibility index (Phi) is 5.96. The molecule has 2 rings (SSSR count). The van der Waals surface area contributed by atoms with Crippen LogP contribution in [0.15, 0.2) is 42.5 Å². The van der Waals surface area contributed by atoms with Crippen molar-refractivity contribution in [3.63, 3.8) is 0 Å². The van der Waals surface area contributed by atoms with Gasteiger partial charge in [-0.15, -0.1) is 0 Å². The number of halogens is 1. The lowest BCUT2D eigenvalue weighted by Crippen LogP contribution is -2.40. The van der Waals surface area contributed by atoms with Gasteiger partial charge in [-0.05, 0) is 43.3 Å². The Morgan fingerprint density at radius 2 is 1.74 bits per heavy atom. The van der Waals surface area contributed by atoms with Crippen molar-refractivity contribution in [1.29, 1.82) is 0 Å². The highest BCUT2D eigenvalue weighted by atomic mass is 35.5. The highest BCUT2D eigenvalue weighted by Crippen LogP contribution is 2.32. The molecule has 0 aliphatic rings. The molecule has 1 unspecified atom stereocenters. The van der Waals surface area contributed by atoms with E-state index in [2.05, 4.69) is 5.32 Å². The van der Waals surface area contributed by atoms with Crippen LogP contribution in [-0.2, 0) is 0 Å². The summed E-state index contributed by atoms with van der Waals surface area (Å²) in [7, 11) is 3.17. The molecule has 0 fully saturated rings. The molecule has 2 aromatic carbocycles. The molecule has 0 radical (unpaired) electrons. The van der Waals surface area contributed by atoms with Gasteiger partial charge in [-0.3, -0.25) is 0 Å². The third-order valence-corrected chi connectivity index (χ3v) is 3.73. The average Bonchev–Trinajstić information content (AvgIpc) is 2.57. The lowest BCUT2D eigenvalue weighted by atomic mass is 10.2. The van der Waals surface area contributed by atoms with E-state index < -0.39 is 6.35 Å². The monoisotopic (exact) mass is 336 g/mol. The Morgan fingerprint density at radius 1 is 1.09 bits per heavy atom. The Morgan fingerprint density at radius 3 is 2.30 bits per heavy atom. The van der Waals surface area contributed by atoms with Gasteiger partial charge in [-0.25, -0.2) is 0 Å². The van der Waals surface area contributed by atoms with Crippen LogP contribution in [0.2, 0.25) is 5.02 Å². The number of anilines is 2. The Balaban J connectivity index is 2.19. The average molecular weight is 337 g/mol. The quantitative estimate of drug-likeness (QED) is 0.757. The van der Waals surface area contributed by atoms with Gasteiger partial charge in [0.2, 0.25) is 6.35 Å². The van der Waals surface area contributed by atoms with Gasteiger partial charge in [-0.2, -0.15) is 0 Å². The molecule has 0 aliphatic carbocycles. The van der Waals surface area contributed by atoms with Gasteiger partial charge < -0.3 is 24.8 Å². The molecule has 0 aliphatic heterocycles. The van der Waals surface area contributed by atoms with Gasteiger partial charge in [-0.1, -0.05) is 11.6 Å². The summed E-state index contributed by atoms with van der Waals surface area (Å²) < 4.78 is 10.6. The summed E-state index contributed by atoms with van der Waals surface area (Å²) in [5.74, 6) is 1.26. The minimum Gasteiger partial charge on any atom is -0.493 e.